The van der Waals surface area contributed by atoms with Gasteiger partial charge >= 0.3 is 0 Å². The van der Waals surface area contributed by atoms with Gasteiger partial charge in [-0.15, -0.1) is 0 Å². The third kappa shape index (κ3) is 5.91. The van der Waals surface area contributed by atoms with E-state index in [0.717, 1.165) is 60.8 Å². The van der Waals surface area contributed by atoms with Gasteiger partial charge in [0.05, 0.1) is 22.4 Å². The molecule has 2 heterocycles. The lowest BCUT2D eigenvalue weighted by Gasteiger charge is -2.16. The van der Waals surface area contributed by atoms with E-state index >= 15 is 0 Å². The molecule has 0 amide bonds. The molecule has 0 spiro atoms. The molecule has 0 fully saturated rings. The Bertz CT molecular complexity index is 3280. The number of hydrogen-bond donors (Lipinski definition) is 0. The van der Waals surface area contributed by atoms with Crippen LogP contribution < -0.4 is 0 Å². The maximum Gasteiger partial charge on any atom is 0.0794 e. The second-order valence-corrected chi connectivity index (χ2v) is 14.9. The van der Waals surface area contributed by atoms with E-state index in [-0.39, 0.29) is 0 Å². The average molecular weight is 737 g/mol. The number of aromatic nitrogens is 2. The fourth-order valence-corrected chi connectivity index (χ4v) is 8.55. The lowest BCUT2D eigenvalue weighted by atomic mass is 9.90. The van der Waals surface area contributed by atoms with E-state index in [1.165, 1.54) is 49.5 Å². The van der Waals surface area contributed by atoms with Crippen LogP contribution in [-0.2, 0) is 0 Å². The van der Waals surface area contributed by atoms with Crippen molar-refractivity contribution in [1.82, 2.24) is 9.97 Å². The molecule has 0 saturated heterocycles. The summed E-state index contributed by atoms with van der Waals surface area (Å²) >= 11 is 0. The Hall–Kier alpha value is -7.68. The Morgan fingerprint density at radius 1 is 0.241 bits per heavy atom. The zero-order valence-electron chi connectivity index (χ0n) is 31.7. The lowest BCUT2D eigenvalue weighted by molar-refractivity contribution is 1.40. The lowest BCUT2D eigenvalue weighted by Crippen LogP contribution is -1.94. The highest BCUT2D eigenvalue weighted by molar-refractivity contribution is 6.16. The van der Waals surface area contributed by atoms with Crippen LogP contribution in [0.5, 0.6) is 0 Å². The molecule has 0 radical (unpaired) electrons. The normalized spacial score (nSPS) is 11.4. The van der Waals surface area contributed by atoms with Gasteiger partial charge in [-0.05, 0) is 73.5 Å². The number of para-hydroxylation sites is 1. The monoisotopic (exact) mass is 736 g/mol. The highest BCUT2D eigenvalue weighted by Crippen LogP contribution is 2.42. The highest BCUT2D eigenvalue weighted by Gasteiger charge is 2.17. The van der Waals surface area contributed by atoms with E-state index in [0.29, 0.717) is 0 Å². The van der Waals surface area contributed by atoms with Gasteiger partial charge < -0.3 is 0 Å². The summed E-state index contributed by atoms with van der Waals surface area (Å²) in [4.78, 5) is 10.7. The summed E-state index contributed by atoms with van der Waals surface area (Å²) in [5, 5.41) is 6.97. The summed E-state index contributed by atoms with van der Waals surface area (Å²) < 4.78 is 0. The van der Waals surface area contributed by atoms with Crippen LogP contribution >= 0.6 is 0 Å². The van der Waals surface area contributed by atoms with Gasteiger partial charge in [0.2, 0.25) is 0 Å². The summed E-state index contributed by atoms with van der Waals surface area (Å²) in [5.41, 5.74) is 15.5. The molecule has 11 rings (SSSR count). The Labute approximate surface area is 337 Å². The van der Waals surface area contributed by atoms with Gasteiger partial charge in [0.1, 0.15) is 0 Å². The van der Waals surface area contributed by atoms with Crippen molar-refractivity contribution < 1.29 is 0 Å². The molecule has 58 heavy (non-hydrogen) atoms. The Morgan fingerprint density at radius 2 is 0.672 bits per heavy atom. The molecule has 0 atom stereocenters. The van der Waals surface area contributed by atoms with Gasteiger partial charge in [-0.3, -0.25) is 0 Å². The van der Waals surface area contributed by atoms with Gasteiger partial charge in [0, 0.05) is 32.7 Å². The molecule has 9 aromatic carbocycles. The van der Waals surface area contributed by atoms with Crippen LogP contribution in [0.15, 0.2) is 218 Å². The zero-order chi connectivity index (χ0) is 38.4. The fourth-order valence-electron chi connectivity index (χ4n) is 8.55. The van der Waals surface area contributed by atoms with E-state index < -0.39 is 0 Å². The maximum absolute atomic E-state index is 5.47. The van der Waals surface area contributed by atoms with E-state index in [1.54, 1.807) is 0 Å². The summed E-state index contributed by atoms with van der Waals surface area (Å²) in [6.45, 7) is 0. The second kappa shape index (κ2) is 14.1. The summed E-state index contributed by atoms with van der Waals surface area (Å²) in [7, 11) is 0. The molecule has 11 aromatic rings. The van der Waals surface area contributed by atoms with Crippen LogP contribution in [0.3, 0.4) is 0 Å². The average Bonchev–Trinajstić information content (AvgIpc) is 3.31. The van der Waals surface area contributed by atoms with Crippen molar-refractivity contribution in [2.45, 2.75) is 0 Å². The standard InChI is InChI=1S/C56H36N2/c1-3-13-37(14-4-1)39-23-27-41(28-24-39)50-35-52-51(42-29-33-44(34-30-42)55-48-20-9-7-17-45(48)47-19-11-12-22-53(47)57-55)36-54(58-56(52)49-21-10-8-18-46(49)50)43-31-25-40(26-32-43)38-15-5-2-6-16-38/h1-36H. The van der Waals surface area contributed by atoms with Crippen LogP contribution in [0.2, 0.25) is 0 Å². The van der Waals surface area contributed by atoms with Crippen LogP contribution in [0.4, 0.5) is 0 Å². The SMILES string of the molecule is c1ccc(-c2ccc(-c3cc(-c4ccc(-c5nc6ccccc6c6ccccc56)cc4)c4cc(-c5ccc(-c6ccccc6)cc5)c5ccccc5c4n3)cc2)cc1. The topological polar surface area (TPSA) is 25.8 Å². The third-order valence-electron chi connectivity index (χ3n) is 11.5. The van der Waals surface area contributed by atoms with Crippen molar-refractivity contribution >= 4 is 43.4 Å². The minimum Gasteiger partial charge on any atom is -0.247 e. The van der Waals surface area contributed by atoms with Crippen molar-refractivity contribution in [2.75, 3.05) is 0 Å². The first kappa shape index (κ1) is 33.6. The number of benzene rings is 9. The molecule has 2 aromatic heterocycles. The molecule has 0 N–H and O–H groups in total. The van der Waals surface area contributed by atoms with E-state index in [4.69, 9.17) is 9.97 Å². The zero-order valence-corrected chi connectivity index (χ0v) is 31.7. The van der Waals surface area contributed by atoms with Gasteiger partial charge in [-0.25, -0.2) is 9.97 Å². The summed E-state index contributed by atoms with van der Waals surface area (Å²) in [5.74, 6) is 0. The molecular weight excluding hydrogens is 701 g/mol. The largest absolute Gasteiger partial charge is 0.247 e. The van der Waals surface area contributed by atoms with E-state index in [2.05, 4.69) is 218 Å². The predicted octanol–water partition coefficient (Wildman–Crippen LogP) is 15.1. The van der Waals surface area contributed by atoms with Crippen molar-refractivity contribution in [3.05, 3.63) is 218 Å². The van der Waals surface area contributed by atoms with Gasteiger partial charge in [-0.1, -0.05) is 200 Å². The first-order valence-electron chi connectivity index (χ1n) is 19.8. The minimum atomic E-state index is 0.943. The second-order valence-electron chi connectivity index (χ2n) is 14.9. The van der Waals surface area contributed by atoms with E-state index in [1.807, 2.05) is 0 Å². The van der Waals surface area contributed by atoms with Crippen molar-refractivity contribution in [3.8, 4) is 67.0 Å². The molecule has 0 aliphatic carbocycles. The van der Waals surface area contributed by atoms with Gasteiger partial charge in [-0.2, -0.15) is 0 Å². The fraction of sp³-hybridized carbons (Fsp3) is 0. The molecule has 270 valence electrons. The first-order chi connectivity index (χ1) is 28.7. The van der Waals surface area contributed by atoms with Crippen LogP contribution in [0.1, 0.15) is 0 Å². The Balaban J connectivity index is 1.10. The predicted molar refractivity (Wildman–Crippen MR) is 245 cm³/mol. The van der Waals surface area contributed by atoms with Gasteiger partial charge in [0.15, 0.2) is 0 Å². The summed E-state index contributed by atoms with van der Waals surface area (Å²) in [6.07, 6.45) is 0. The highest BCUT2D eigenvalue weighted by atomic mass is 14.7. The van der Waals surface area contributed by atoms with Crippen molar-refractivity contribution in [2.24, 2.45) is 0 Å². The van der Waals surface area contributed by atoms with Crippen molar-refractivity contribution in [3.63, 3.8) is 0 Å². The first-order valence-corrected chi connectivity index (χ1v) is 19.8. The smallest absolute Gasteiger partial charge is 0.0794 e. The number of rotatable bonds is 6. The summed E-state index contributed by atoms with van der Waals surface area (Å²) in [6, 6.07) is 78.2. The molecule has 2 nitrogen and oxygen atoms in total. The molecular formula is C56H36N2. The van der Waals surface area contributed by atoms with Crippen LogP contribution in [0.25, 0.3) is 110 Å². The third-order valence-corrected chi connectivity index (χ3v) is 11.5. The quantitative estimate of drug-likeness (QED) is 0.159. The molecule has 0 unspecified atom stereocenters. The Morgan fingerprint density at radius 3 is 1.29 bits per heavy atom. The molecule has 2 heteroatoms. The molecule has 0 saturated carbocycles. The molecule has 0 aliphatic rings. The Kier molecular flexibility index (Phi) is 8.19. The number of fused-ring (bicyclic) bond motifs is 6. The minimum absolute atomic E-state index is 0.943. The molecule has 0 bridgehead atoms. The van der Waals surface area contributed by atoms with Crippen LogP contribution in [0, 0.1) is 0 Å². The maximum atomic E-state index is 5.47. The van der Waals surface area contributed by atoms with Crippen LogP contribution in [-0.4, -0.2) is 9.97 Å². The number of hydrogen-bond acceptors (Lipinski definition) is 2. The number of pyridine rings is 2. The van der Waals surface area contributed by atoms with Crippen molar-refractivity contribution in [1.29, 1.82) is 0 Å². The van der Waals surface area contributed by atoms with E-state index in [9.17, 15) is 0 Å². The van der Waals surface area contributed by atoms with Gasteiger partial charge in [0.25, 0.3) is 0 Å². The number of nitrogens with zero attached hydrogens (tertiary/aromatic N) is 2. The molecule has 0 aliphatic heterocycles.